The molecule has 0 fully saturated rings. The van der Waals surface area contributed by atoms with Gasteiger partial charge >= 0.3 is 0 Å². The molecule has 1 aromatic carbocycles. The van der Waals surface area contributed by atoms with Crippen LogP contribution in [0.2, 0.25) is 0 Å². The Labute approximate surface area is 98.1 Å². The van der Waals surface area contributed by atoms with E-state index in [0.29, 0.717) is 35.3 Å². The van der Waals surface area contributed by atoms with Gasteiger partial charge in [-0.05, 0) is 17.3 Å². The lowest BCUT2D eigenvalue weighted by Gasteiger charge is -2.03. The van der Waals surface area contributed by atoms with E-state index >= 15 is 0 Å². The molecule has 1 N–H and O–H groups in total. The van der Waals surface area contributed by atoms with Gasteiger partial charge in [0, 0.05) is 19.0 Å². The van der Waals surface area contributed by atoms with E-state index in [2.05, 4.69) is 15.4 Å². The minimum absolute atomic E-state index is 0.289. The van der Waals surface area contributed by atoms with E-state index in [1.165, 1.54) is 0 Å². The number of para-hydroxylation sites is 2. The molecule has 6 heteroatoms. The molecule has 0 aliphatic heterocycles. The van der Waals surface area contributed by atoms with Crippen molar-refractivity contribution in [3.05, 3.63) is 29.5 Å². The molecule has 0 amide bonds. The summed E-state index contributed by atoms with van der Waals surface area (Å²) in [7, 11) is 0. The van der Waals surface area contributed by atoms with Crippen LogP contribution in [-0.2, 0) is 0 Å². The summed E-state index contributed by atoms with van der Waals surface area (Å²) in [4.78, 5) is 4.76. The number of nitrogens with one attached hydrogen (secondary N) is 1. The largest absolute Gasteiger partial charge is 0.594 e. The molecule has 6 nitrogen and oxygen atoms in total. The number of fused-ring (bicyclic) bond motifs is 1. The second-order valence-corrected chi connectivity index (χ2v) is 3.49. The first-order chi connectivity index (χ1) is 8.31. The molecule has 0 aliphatic carbocycles. The summed E-state index contributed by atoms with van der Waals surface area (Å²) in [5.41, 5.74) is 1.04. The standard InChI is InChI=1S/C11H11N5O/c12-7-3-4-8-13-11-14-9-5-1-2-6-10(9)16(17)15-11/h1-2,5-6H,3-4,8H2,(H,13,14,15). The van der Waals surface area contributed by atoms with Gasteiger partial charge in [-0.2, -0.15) is 5.26 Å². The molecule has 0 unspecified atom stereocenters. The van der Waals surface area contributed by atoms with Gasteiger partial charge in [0.1, 0.15) is 5.52 Å². The number of hydrogen-bond donors (Lipinski definition) is 1. The quantitative estimate of drug-likeness (QED) is 0.479. The van der Waals surface area contributed by atoms with E-state index in [1.807, 2.05) is 12.1 Å². The SMILES string of the molecule is N#CCCCNc1nc2ccccc2[n+]([O-])n1. The highest BCUT2D eigenvalue weighted by molar-refractivity contribution is 5.71. The zero-order chi connectivity index (χ0) is 12.1. The van der Waals surface area contributed by atoms with E-state index in [0.717, 1.165) is 0 Å². The summed E-state index contributed by atoms with van der Waals surface area (Å²) in [6, 6.07) is 9.05. The van der Waals surface area contributed by atoms with E-state index < -0.39 is 0 Å². The van der Waals surface area contributed by atoms with Crippen molar-refractivity contribution in [1.82, 2.24) is 10.1 Å². The monoisotopic (exact) mass is 229 g/mol. The maximum Gasteiger partial charge on any atom is 0.290 e. The highest BCUT2D eigenvalue weighted by atomic mass is 16.5. The molecule has 0 spiro atoms. The van der Waals surface area contributed by atoms with Crippen LogP contribution in [0.15, 0.2) is 24.3 Å². The van der Waals surface area contributed by atoms with Crippen LogP contribution in [0, 0.1) is 16.5 Å². The summed E-state index contributed by atoms with van der Waals surface area (Å²) < 4.78 is 0. The molecular formula is C11H11N5O. The van der Waals surface area contributed by atoms with Crippen molar-refractivity contribution in [2.24, 2.45) is 0 Å². The van der Waals surface area contributed by atoms with Crippen LogP contribution in [0.3, 0.4) is 0 Å². The second-order valence-electron chi connectivity index (χ2n) is 3.49. The van der Waals surface area contributed by atoms with Gasteiger partial charge in [0.15, 0.2) is 0 Å². The topological polar surface area (TPSA) is 88.5 Å². The molecule has 0 saturated carbocycles. The maximum atomic E-state index is 11.6. The number of hydrogen-bond acceptors (Lipinski definition) is 5. The third kappa shape index (κ3) is 2.58. The highest BCUT2D eigenvalue weighted by Crippen LogP contribution is 2.07. The van der Waals surface area contributed by atoms with E-state index in [1.54, 1.807) is 18.2 Å². The molecule has 86 valence electrons. The number of nitrogens with zero attached hydrogens (tertiary/aromatic N) is 4. The zero-order valence-electron chi connectivity index (χ0n) is 9.13. The van der Waals surface area contributed by atoms with Crippen molar-refractivity contribution in [2.75, 3.05) is 11.9 Å². The predicted molar refractivity (Wildman–Crippen MR) is 61.8 cm³/mol. The Morgan fingerprint density at radius 1 is 1.41 bits per heavy atom. The van der Waals surface area contributed by atoms with Crippen molar-refractivity contribution in [3.63, 3.8) is 0 Å². The molecule has 1 aromatic heterocycles. The van der Waals surface area contributed by atoms with Gasteiger partial charge < -0.3 is 10.5 Å². The lowest BCUT2D eigenvalue weighted by molar-refractivity contribution is -0.641. The van der Waals surface area contributed by atoms with E-state index in [9.17, 15) is 5.21 Å². The average Bonchev–Trinajstić information content (AvgIpc) is 2.35. The molecule has 0 atom stereocenters. The van der Waals surface area contributed by atoms with Gasteiger partial charge in [-0.1, -0.05) is 12.1 Å². The molecule has 0 bridgehead atoms. The van der Waals surface area contributed by atoms with Gasteiger partial charge in [0.2, 0.25) is 0 Å². The Bertz CT molecular complexity index is 563. The lowest BCUT2D eigenvalue weighted by Crippen LogP contribution is -2.33. The summed E-state index contributed by atoms with van der Waals surface area (Å²) >= 11 is 0. The number of anilines is 1. The Balaban J connectivity index is 2.16. The lowest BCUT2D eigenvalue weighted by atomic mass is 10.3. The normalized spacial score (nSPS) is 10.1. The molecule has 2 rings (SSSR count). The average molecular weight is 229 g/mol. The fraction of sp³-hybridized carbons (Fsp3) is 0.273. The summed E-state index contributed by atoms with van der Waals surface area (Å²) in [6.45, 7) is 0.575. The fourth-order valence-corrected chi connectivity index (χ4v) is 1.44. The molecule has 1 heterocycles. The Morgan fingerprint density at radius 3 is 3.06 bits per heavy atom. The number of rotatable bonds is 4. The Kier molecular flexibility index (Phi) is 3.31. The zero-order valence-corrected chi connectivity index (χ0v) is 9.13. The first-order valence-electron chi connectivity index (χ1n) is 5.29. The summed E-state index contributed by atoms with van der Waals surface area (Å²) in [5.74, 6) is 0.289. The minimum atomic E-state index is 0.289. The molecule has 17 heavy (non-hydrogen) atoms. The van der Waals surface area contributed by atoms with Gasteiger partial charge in [-0.3, -0.25) is 0 Å². The van der Waals surface area contributed by atoms with Crippen molar-refractivity contribution < 1.29 is 4.85 Å². The van der Waals surface area contributed by atoms with Crippen LogP contribution in [0.1, 0.15) is 12.8 Å². The van der Waals surface area contributed by atoms with Gasteiger partial charge in [0.25, 0.3) is 11.5 Å². The Morgan fingerprint density at radius 2 is 2.24 bits per heavy atom. The van der Waals surface area contributed by atoms with Crippen LogP contribution in [0.4, 0.5) is 5.95 Å². The second kappa shape index (κ2) is 5.07. The van der Waals surface area contributed by atoms with Crippen LogP contribution >= 0.6 is 0 Å². The van der Waals surface area contributed by atoms with E-state index in [4.69, 9.17) is 5.26 Å². The first-order valence-corrected chi connectivity index (χ1v) is 5.29. The van der Waals surface area contributed by atoms with Crippen molar-refractivity contribution in [2.45, 2.75) is 12.8 Å². The molecule has 0 radical (unpaired) electrons. The number of unbranched alkanes of at least 4 members (excludes halogenated alkanes) is 1. The van der Waals surface area contributed by atoms with Crippen molar-refractivity contribution in [3.8, 4) is 6.07 Å². The van der Waals surface area contributed by atoms with Gasteiger partial charge in [0.05, 0.1) is 11.2 Å². The summed E-state index contributed by atoms with van der Waals surface area (Å²) in [6.07, 6.45) is 1.17. The smallest absolute Gasteiger partial charge is 0.290 e. The van der Waals surface area contributed by atoms with Crippen molar-refractivity contribution in [1.29, 1.82) is 5.26 Å². The van der Waals surface area contributed by atoms with Crippen LogP contribution < -0.4 is 10.2 Å². The molecule has 0 aliphatic rings. The minimum Gasteiger partial charge on any atom is -0.594 e. The van der Waals surface area contributed by atoms with Gasteiger partial charge in [-0.25, -0.2) is 4.98 Å². The van der Waals surface area contributed by atoms with Crippen LogP contribution in [0.25, 0.3) is 11.0 Å². The molecular weight excluding hydrogens is 218 g/mol. The number of aromatic nitrogens is 3. The van der Waals surface area contributed by atoms with Crippen molar-refractivity contribution >= 4 is 17.0 Å². The third-order valence-corrected chi connectivity index (χ3v) is 2.25. The number of nitriles is 1. The molecule has 0 saturated heterocycles. The number of benzene rings is 1. The van der Waals surface area contributed by atoms with Gasteiger partial charge in [-0.15, -0.1) is 0 Å². The predicted octanol–water partition coefficient (Wildman–Crippen LogP) is 0.979. The van der Waals surface area contributed by atoms with E-state index in [-0.39, 0.29) is 5.95 Å². The highest BCUT2D eigenvalue weighted by Gasteiger charge is 2.08. The fourth-order valence-electron chi connectivity index (χ4n) is 1.44. The first kappa shape index (κ1) is 11.1. The molecule has 2 aromatic rings. The Hall–Kier alpha value is -2.42. The van der Waals surface area contributed by atoms with Crippen LogP contribution in [-0.4, -0.2) is 16.6 Å². The maximum absolute atomic E-state index is 11.6. The third-order valence-electron chi connectivity index (χ3n) is 2.25. The summed E-state index contributed by atoms with van der Waals surface area (Å²) in [5, 5.41) is 26.6. The van der Waals surface area contributed by atoms with Crippen LogP contribution in [0.5, 0.6) is 0 Å².